The Morgan fingerprint density at radius 3 is 1.05 bits per heavy atom. The van der Waals surface area contributed by atoms with E-state index in [9.17, 15) is 0 Å². The fraction of sp³-hybridized carbons (Fsp3) is 0.814. The van der Waals surface area contributed by atoms with Gasteiger partial charge in [-0.1, -0.05) is 174 Å². The zero-order chi connectivity index (χ0) is 33.7. The van der Waals surface area contributed by atoms with Crippen LogP contribution in [-0.4, -0.2) is 0 Å². The Balaban J connectivity index is 0.000000323. The summed E-state index contributed by atoms with van der Waals surface area (Å²) < 4.78 is 0. The lowest BCUT2D eigenvalue weighted by atomic mass is 9.60. The minimum Gasteiger partial charge on any atom is -0.0882 e. The zero-order valence-corrected chi connectivity index (χ0v) is 32.8. The lowest BCUT2D eigenvalue weighted by molar-refractivity contribution is 0.0691. The number of rotatable bonds is 2. The largest absolute Gasteiger partial charge is 0.0882 e. The van der Waals surface area contributed by atoms with Crippen LogP contribution in [0.4, 0.5) is 0 Å². The molecule has 0 aromatic heterocycles. The molecule has 2 aliphatic rings. The number of benzene rings is 1. The highest BCUT2D eigenvalue weighted by Gasteiger charge is 2.40. The Hall–Kier alpha value is -1.04. The highest BCUT2D eigenvalue weighted by Crippen LogP contribution is 2.52. The molecule has 43 heavy (non-hydrogen) atoms. The van der Waals surface area contributed by atoms with Crippen LogP contribution >= 0.6 is 0 Å². The molecule has 0 spiro atoms. The number of allylic oxidation sites excluding steroid dienone is 2. The summed E-state index contributed by atoms with van der Waals surface area (Å²) in [4.78, 5) is 0. The second-order valence-electron chi connectivity index (χ2n) is 21.1. The van der Waals surface area contributed by atoms with Crippen LogP contribution in [0.2, 0.25) is 0 Å². The summed E-state index contributed by atoms with van der Waals surface area (Å²) in [5, 5.41) is 0. The molecule has 1 saturated carbocycles. The number of hydrogen-bond donors (Lipinski definition) is 0. The first-order valence-corrected chi connectivity index (χ1v) is 17.8. The average molecular weight is 595 g/mol. The van der Waals surface area contributed by atoms with E-state index in [4.69, 9.17) is 0 Å². The van der Waals surface area contributed by atoms with E-state index in [-0.39, 0.29) is 10.8 Å². The lowest BCUT2D eigenvalue weighted by Crippen LogP contribution is -2.36. The highest BCUT2D eigenvalue weighted by molar-refractivity contribution is 5.37. The van der Waals surface area contributed by atoms with Gasteiger partial charge in [0.05, 0.1) is 0 Å². The second-order valence-corrected chi connectivity index (χ2v) is 21.1. The van der Waals surface area contributed by atoms with Crippen LogP contribution < -0.4 is 0 Å². The molecule has 3 rings (SSSR count). The summed E-state index contributed by atoms with van der Waals surface area (Å²) in [7, 11) is 0. The molecular formula is C43H78. The maximum Gasteiger partial charge on any atom is -0.0129 e. The lowest BCUT2D eigenvalue weighted by Gasteiger charge is -2.45. The maximum atomic E-state index is 2.40. The van der Waals surface area contributed by atoms with E-state index in [0.29, 0.717) is 27.1 Å². The molecule has 0 heteroatoms. The fourth-order valence-electron chi connectivity index (χ4n) is 8.31. The van der Waals surface area contributed by atoms with Crippen LogP contribution in [0.15, 0.2) is 36.4 Å². The van der Waals surface area contributed by atoms with Gasteiger partial charge in [0.1, 0.15) is 0 Å². The van der Waals surface area contributed by atoms with Crippen molar-refractivity contribution in [2.45, 2.75) is 187 Å². The molecule has 0 radical (unpaired) electrons. The normalized spacial score (nSPS) is 21.4. The Bertz CT molecular complexity index is 894. The van der Waals surface area contributed by atoms with Crippen molar-refractivity contribution in [2.24, 2.45) is 38.9 Å². The molecule has 0 bridgehead atoms. The van der Waals surface area contributed by atoms with Gasteiger partial charge in [0.15, 0.2) is 0 Å². The second kappa shape index (κ2) is 14.6. The van der Waals surface area contributed by atoms with Crippen molar-refractivity contribution >= 4 is 0 Å². The standard InChI is InChI=1S/C15H30.C14H26.C14H22/c1-13(2,3)11-15(9-7-8-10-15)12-14(4,5)6;2*1-13(2,3)11-9-7-8-10-12(11)14(4,5)6/h7-12H2,1-6H3;7-8,11-12H,9-10H2,1-6H3;7-10H,1-6H3/t;11-,12+;. The van der Waals surface area contributed by atoms with Crippen molar-refractivity contribution in [3.63, 3.8) is 0 Å². The van der Waals surface area contributed by atoms with Gasteiger partial charge < -0.3 is 0 Å². The quantitative estimate of drug-likeness (QED) is 0.299. The predicted octanol–water partition coefficient (Wildman–Crippen LogP) is 14.4. The molecule has 250 valence electrons. The Labute approximate surface area is 272 Å². The SMILES string of the molecule is CC(C)(C)CC1(CC(C)(C)C)CCCC1.CC(C)(C)[C@@H]1CC=CC[C@@H]1C(C)(C)C.CC(C)(C)c1ccccc1C(C)(C)C. The van der Waals surface area contributed by atoms with Crippen LogP contribution in [0.25, 0.3) is 0 Å². The van der Waals surface area contributed by atoms with Crippen LogP contribution in [0.3, 0.4) is 0 Å². The van der Waals surface area contributed by atoms with E-state index in [1.165, 1.54) is 62.5 Å². The van der Waals surface area contributed by atoms with E-state index in [1.807, 2.05) is 0 Å². The molecule has 1 fully saturated rings. The van der Waals surface area contributed by atoms with Crippen LogP contribution in [0.5, 0.6) is 0 Å². The molecule has 0 nitrogen and oxygen atoms in total. The summed E-state index contributed by atoms with van der Waals surface area (Å²) in [5.41, 5.74) is 5.96. The molecule has 0 unspecified atom stereocenters. The monoisotopic (exact) mass is 595 g/mol. The third-order valence-corrected chi connectivity index (χ3v) is 9.68. The molecule has 0 N–H and O–H groups in total. The minimum absolute atomic E-state index is 0.240. The molecular weight excluding hydrogens is 516 g/mol. The smallest absolute Gasteiger partial charge is 0.0129 e. The number of hydrogen-bond acceptors (Lipinski definition) is 0. The minimum atomic E-state index is 0.240. The van der Waals surface area contributed by atoms with Gasteiger partial charge in [-0.25, -0.2) is 0 Å². The topological polar surface area (TPSA) is 0 Å². The molecule has 2 aliphatic carbocycles. The van der Waals surface area contributed by atoms with Crippen molar-refractivity contribution in [3.05, 3.63) is 47.5 Å². The van der Waals surface area contributed by atoms with Crippen LogP contribution in [0, 0.1) is 38.9 Å². The first-order chi connectivity index (χ1) is 19.1. The van der Waals surface area contributed by atoms with Gasteiger partial charge in [-0.3, -0.25) is 0 Å². The van der Waals surface area contributed by atoms with Gasteiger partial charge in [-0.2, -0.15) is 0 Å². The van der Waals surface area contributed by atoms with Crippen LogP contribution in [-0.2, 0) is 10.8 Å². The van der Waals surface area contributed by atoms with Gasteiger partial charge >= 0.3 is 0 Å². The van der Waals surface area contributed by atoms with Crippen molar-refractivity contribution in [1.29, 1.82) is 0 Å². The van der Waals surface area contributed by atoms with Gasteiger partial charge in [-0.05, 0) is 99.4 Å². The zero-order valence-electron chi connectivity index (χ0n) is 32.8. The van der Waals surface area contributed by atoms with Crippen LogP contribution in [0.1, 0.15) is 187 Å². The first kappa shape index (κ1) is 40.0. The van der Waals surface area contributed by atoms with Crippen molar-refractivity contribution in [2.75, 3.05) is 0 Å². The van der Waals surface area contributed by atoms with E-state index in [1.54, 1.807) is 0 Å². The molecule has 0 aliphatic heterocycles. The Kier molecular flexibility index (Phi) is 13.6. The van der Waals surface area contributed by atoms with E-state index < -0.39 is 0 Å². The highest BCUT2D eigenvalue weighted by atomic mass is 14.5. The summed E-state index contributed by atoms with van der Waals surface area (Å²) in [6.45, 7) is 42.4. The molecule has 1 aromatic carbocycles. The van der Waals surface area contributed by atoms with E-state index in [0.717, 1.165) is 11.8 Å². The fourth-order valence-corrected chi connectivity index (χ4v) is 8.31. The summed E-state index contributed by atoms with van der Waals surface area (Å²) >= 11 is 0. The molecule has 2 atom stereocenters. The van der Waals surface area contributed by atoms with Gasteiger partial charge in [-0.15, -0.1) is 0 Å². The predicted molar refractivity (Wildman–Crippen MR) is 197 cm³/mol. The Morgan fingerprint density at radius 1 is 0.512 bits per heavy atom. The van der Waals surface area contributed by atoms with E-state index in [2.05, 4.69) is 161 Å². The Morgan fingerprint density at radius 2 is 0.814 bits per heavy atom. The van der Waals surface area contributed by atoms with Crippen molar-refractivity contribution in [1.82, 2.24) is 0 Å². The molecule has 0 amide bonds. The molecule has 0 heterocycles. The molecule has 1 aromatic rings. The van der Waals surface area contributed by atoms with Crippen molar-refractivity contribution in [3.8, 4) is 0 Å². The first-order valence-electron chi connectivity index (χ1n) is 17.8. The summed E-state index contributed by atoms with van der Waals surface area (Å²) in [6.07, 6.45) is 16.0. The average Bonchev–Trinajstić information content (AvgIpc) is 3.22. The van der Waals surface area contributed by atoms with Crippen molar-refractivity contribution < 1.29 is 0 Å². The van der Waals surface area contributed by atoms with E-state index >= 15 is 0 Å². The third kappa shape index (κ3) is 14.3. The molecule has 0 saturated heterocycles. The van der Waals surface area contributed by atoms with Gasteiger partial charge in [0, 0.05) is 0 Å². The van der Waals surface area contributed by atoms with Gasteiger partial charge in [0.2, 0.25) is 0 Å². The third-order valence-electron chi connectivity index (χ3n) is 9.68. The summed E-state index contributed by atoms with van der Waals surface area (Å²) in [5.74, 6) is 1.68. The van der Waals surface area contributed by atoms with Gasteiger partial charge in [0.25, 0.3) is 0 Å². The maximum absolute atomic E-state index is 2.40. The summed E-state index contributed by atoms with van der Waals surface area (Å²) in [6, 6.07) is 8.77.